The van der Waals surface area contributed by atoms with Crippen LogP contribution in [0, 0.1) is 5.41 Å². The second-order valence-electron chi connectivity index (χ2n) is 8.30. The van der Waals surface area contributed by atoms with Crippen LogP contribution in [-0.2, 0) is 25.7 Å². The highest BCUT2D eigenvalue weighted by atomic mass is 16.5. The Kier molecular flexibility index (Phi) is 9.74. The first-order valence-electron chi connectivity index (χ1n) is 11.7. The highest BCUT2D eigenvalue weighted by Gasteiger charge is 2.28. The number of guanidine groups is 1. The lowest BCUT2D eigenvalue weighted by Crippen LogP contribution is -2.56. The maximum absolute atomic E-state index is 12.6. The van der Waals surface area contributed by atoms with Gasteiger partial charge in [0.2, 0.25) is 17.8 Å². The van der Waals surface area contributed by atoms with Crippen molar-refractivity contribution in [3.8, 4) is 0 Å². The summed E-state index contributed by atoms with van der Waals surface area (Å²) < 4.78 is 5.08. The van der Waals surface area contributed by atoms with E-state index in [-0.39, 0.29) is 57.3 Å². The molecule has 3 rings (SSSR count). The minimum absolute atomic E-state index is 0.0271. The monoisotopic (exact) mass is 524 g/mol. The Morgan fingerprint density at radius 1 is 1.03 bits per heavy atom. The second kappa shape index (κ2) is 13.4. The van der Waals surface area contributed by atoms with E-state index in [1.54, 1.807) is 24.3 Å². The van der Waals surface area contributed by atoms with Crippen LogP contribution in [0.25, 0.3) is 0 Å². The summed E-state index contributed by atoms with van der Waals surface area (Å²) in [4.78, 5) is 62.5. The average Bonchev–Trinajstić information content (AvgIpc) is 2.89. The first kappa shape index (κ1) is 27.6. The van der Waals surface area contributed by atoms with Gasteiger partial charge >= 0.3 is 12.1 Å². The highest BCUT2D eigenvalue weighted by molar-refractivity contribution is 5.99. The zero-order valence-electron chi connectivity index (χ0n) is 20.4. The second-order valence-corrected chi connectivity index (χ2v) is 8.30. The zero-order chi connectivity index (χ0) is 27.5. The molecule has 1 aliphatic rings. The van der Waals surface area contributed by atoms with E-state index in [0.29, 0.717) is 5.69 Å². The van der Waals surface area contributed by atoms with E-state index < -0.39 is 29.8 Å². The summed E-state index contributed by atoms with van der Waals surface area (Å²) in [5, 5.41) is 24.1. The van der Waals surface area contributed by atoms with Gasteiger partial charge in [-0.25, -0.2) is 4.79 Å². The Morgan fingerprint density at radius 2 is 1.79 bits per heavy atom. The number of anilines is 1. The van der Waals surface area contributed by atoms with Gasteiger partial charge in [-0.15, -0.1) is 0 Å². The summed E-state index contributed by atoms with van der Waals surface area (Å²) in [5.74, 6) is -2.67. The molecule has 200 valence electrons. The number of carbonyl (C=O) groups excluding carboxylic acids is 4. The number of alkyl carbamates (subject to hydrolysis) is 1. The third kappa shape index (κ3) is 8.62. The topological polar surface area (TPSA) is 181 Å². The van der Waals surface area contributed by atoms with Gasteiger partial charge < -0.3 is 30.3 Å². The van der Waals surface area contributed by atoms with E-state index in [9.17, 15) is 24.0 Å². The van der Waals surface area contributed by atoms with Crippen LogP contribution in [0.2, 0.25) is 0 Å². The minimum atomic E-state index is -1.03. The number of carbonyl (C=O) groups is 5. The molecule has 5 N–H and O–H groups in total. The van der Waals surface area contributed by atoms with Crippen molar-refractivity contribution in [1.29, 1.82) is 5.41 Å². The molecule has 2 aromatic rings. The van der Waals surface area contributed by atoms with Crippen molar-refractivity contribution >= 4 is 41.4 Å². The number of hydrogen-bond acceptors (Lipinski definition) is 7. The summed E-state index contributed by atoms with van der Waals surface area (Å²) in [5.41, 5.74) is 1.38. The van der Waals surface area contributed by atoms with Gasteiger partial charge in [-0.2, -0.15) is 0 Å². The molecule has 0 unspecified atom stereocenters. The molecule has 4 amide bonds. The van der Waals surface area contributed by atoms with E-state index >= 15 is 0 Å². The Bertz CT molecular complexity index is 1200. The number of aliphatic carboxylic acids is 1. The van der Waals surface area contributed by atoms with Crippen molar-refractivity contribution in [3.05, 3.63) is 65.7 Å². The molecule has 0 radical (unpaired) electrons. The summed E-state index contributed by atoms with van der Waals surface area (Å²) >= 11 is 0. The van der Waals surface area contributed by atoms with Crippen LogP contribution in [0.3, 0.4) is 0 Å². The first-order chi connectivity index (χ1) is 18.2. The number of hydrogen-bond donors (Lipinski definition) is 5. The van der Waals surface area contributed by atoms with E-state index in [4.69, 9.17) is 15.3 Å². The van der Waals surface area contributed by atoms with E-state index in [1.165, 1.54) is 21.9 Å². The van der Waals surface area contributed by atoms with Crippen LogP contribution in [0.15, 0.2) is 54.6 Å². The minimum Gasteiger partial charge on any atom is -0.481 e. The lowest BCUT2D eigenvalue weighted by atomic mass is 10.2. The molecule has 1 heterocycles. The lowest BCUT2D eigenvalue weighted by molar-refractivity contribution is -0.137. The molecule has 2 aromatic carbocycles. The predicted molar refractivity (Wildman–Crippen MR) is 135 cm³/mol. The van der Waals surface area contributed by atoms with Crippen molar-refractivity contribution in [2.45, 2.75) is 13.0 Å². The van der Waals surface area contributed by atoms with Gasteiger partial charge in [0.15, 0.2) is 0 Å². The number of nitrogens with one attached hydrogen (secondary N) is 4. The van der Waals surface area contributed by atoms with E-state index in [0.717, 1.165) is 5.56 Å². The molecule has 38 heavy (non-hydrogen) atoms. The number of rotatable bonds is 9. The standard InChI is InChI=1S/C25H28N6O7/c26-24(29-25(37)38-16-17-5-2-1-3-6-17)31-12-11-30(21(33)15-31)14-20(32)28-19-8-4-7-18(13-19)23(36)27-10-9-22(34)35/h1-8,13H,9-12,14-16H2,(H,27,36)(H,28,32)(H,34,35)(H2,26,29,37). The van der Waals surface area contributed by atoms with Crippen molar-refractivity contribution < 1.29 is 33.8 Å². The SMILES string of the molecule is N=C(NC(=O)OCc1ccccc1)N1CCN(CC(=O)Nc2cccc(C(=O)NCCC(=O)O)c2)C(=O)C1. The molecule has 0 saturated carbocycles. The van der Waals surface area contributed by atoms with E-state index in [2.05, 4.69) is 16.0 Å². The number of carboxylic acid groups (broad SMARTS) is 1. The fraction of sp³-hybridized carbons (Fsp3) is 0.280. The molecule has 0 aromatic heterocycles. The Balaban J connectivity index is 1.42. The molecular weight excluding hydrogens is 496 g/mol. The van der Waals surface area contributed by atoms with Crippen LogP contribution >= 0.6 is 0 Å². The molecule has 13 heteroatoms. The molecule has 0 atom stereocenters. The number of carboxylic acids is 1. The Hall–Kier alpha value is -4.94. The number of amides is 4. The molecule has 1 fully saturated rings. The summed E-state index contributed by atoms with van der Waals surface area (Å²) in [7, 11) is 0. The number of benzene rings is 2. The molecule has 0 bridgehead atoms. The number of piperazine rings is 1. The lowest BCUT2D eigenvalue weighted by Gasteiger charge is -2.34. The Labute approximate surface area is 218 Å². The molecule has 0 spiro atoms. The van der Waals surface area contributed by atoms with Crippen LogP contribution < -0.4 is 16.0 Å². The average molecular weight is 525 g/mol. The van der Waals surface area contributed by atoms with Crippen LogP contribution in [0.1, 0.15) is 22.3 Å². The van der Waals surface area contributed by atoms with Gasteiger partial charge in [-0.1, -0.05) is 36.4 Å². The van der Waals surface area contributed by atoms with Gasteiger partial charge in [-0.05, 0) is 23.8 Å². The maximum Gasteiger partial charge on any atom is 0.414 e. The van der Waals surface area contributed by atoms with Crippen molar-refractivity contribution in [2.24, 2.45) is 0 Å². The third-order valence-corrected chi connectivity index (χ3v) is 5.44. The first-order valence-corrected chi connectivity index (χ1v) is 11.7. The van der Waals surface area contributed by atoms with Gasteiger partial charge in [0.25, 0.3) is 5.91 Å². The normalized spacial score (nSPS) is 12.9. The molecule has 1 saturated heterocycles. The summed E-state index contributed by atoms with van der Waals surface area (Å²) in [6.07, 6.45) is -1.02. The van der Waals surface area contributed by atoms with Crippen LogP contribution in [0.5, 0.6) is 0 Å². The summed E-state index contributed by atoms with van der Waals surface area (Å²) in [6.45, 7) is -0.0380. The van der Waals surface area contributed by atoms with Gasteiger partial charge in [-0.3, -0.25) is 29.9 Å². The molecule has 13 nitrogen and oxygen atoms in total. The zero-order valence-corrected chi connectivity index (χ0v) is 20.4. The quantitative estimate of drug-likeness (QED) is 0.236. The van der Waals surface area contributed by atoms with Gasteiger partial charge in [0, 0.05) is 30.9 Å². The highest BCUT2D eigenvalue weighted by Crippen LogP contribution is 2.12. The molecular formula is C25H28N6O7. The van der Waals surface area contributed by atoms with Crippen molar-refractivity contribution in [2.75, 3.05) is 38.0 Å². The molecule has 0 aliphatic carbocycles. The van der Waals surface area contributed by atoms with E-state index in [1.807, 2.05) is 18.2 Å². The van der Waals surface area contributed by atoms with Crippen LogP contribution in [0.4, 0.5) is 10.5 Å². The fourth-order valence-electron chi connectivity index (χ4n) is 3.50. The number of ether oxygens (including phenoxy) is 1. The predicted octanol–water partition coefficient (Wildman–Crippen LogP) is 0.835. The number of nitrogens with zero attached hydrogens (tertiary/aromatic N) is 2. The molecule has 1 aliphatic heterocycles. The fourth-order valence-corrected chi connectivity index (χ4v) is 3.50. The largest absolute Gasteiger partial charge is 0.481 e. The smallest absolute Gasteiger partial charge is 0.414 e. The van der Waals surface area contributed by atoms with Gasteiger partial charge in [0.1, 0.15) is 6.61 Å². The Morgan fingerprint density at radius 3 is 2.50 bits per heavy atom. The van der Waals surface area contributed by atoms with Gasteiger partial charge in [0.05, 0.1) is 19.5 Å². The summed E-state index contributed by atoms with van der Waals surface area (Å²) in [6, 6.07) is 15.2. The maximum atomic E-state index is 12.6. The third-order valence-electron chi connectivity index (χ3n) is 5.44. The van der Waals surface area contributed by atoms with Crippen LogP contribution in [-0.4, -0.2) is 83.4 Å². The van der Waals surface area contributed by atoms with Crippen molar-refractivity contribution in [3.63, 3.8) is 0 Å². The van der Waals surface area contributed by atoms with Crippen molar-refractivity contribution in [1.82, 2.24) is 20.4 Å².